The summed E-state index contributed by atoms with van der Waals surface area (Å²) in [6.07, 6.45) is 5.87. The quantitative estimate of drug-likeness (QED) is 0.161. The van der Waals surface area contributed by atoms with Gasteiger partial charge in [-0.2, -0.15) is 0 Å². The number of rotatable bonds is 12. The Balaban J connectivity index is 1.40. The molecule has 0 saturated heterocycles. The van der Waals surface area contributed by atoms with E-state index in [-0.39, 0.29) is 35.3 Å². The summed E-state index contributed by atoms with van der Waals surface area (Å²) in [6, 6.07) is 14.5. The summed E-state index contributed by atoms with van der Waals surface area (Å²) in [4.78, 5) is 35.4. The van der Waals surface area contributed by atoms with Crippen LogP contribution in [-0.2, 0) is 27.9 Å². The Bertz CT molecular complexity index is 2100. The van der Waals surface area contributed by atoms with Gasteiger partial charge in [-0.1, -0.05) is 67.7 Å². The highest BCUT2D eigenvalue weighted by Gasteiger charge is 2.49. The number of sulfonamides is 1. The van der Waals surface area contributed by atoms with Crippen molar-refractivity contribution in [2.45, 2.75) is 89.2 Å². The highest BCUT2D eigenvalue weighted by Crippen LogP contribution is 2.40. The number of aromatic nitrogens is 1. The Morgan fingerprint density at radius 3 is 2.39 bits per heavy atom. The lowest BCUT2D eigenvalue weighted by Gasteiger charge is -2.24. The van der Waals surface area contributed by atoms with Gasteiger partial charge in [-0.25, -0.2) is 21.9 Å². The smallest absolute Gasteiger partial charge is 0.264 e. The summed E-state index contributed by atoms with van der Waals surface area (Å²) in [7, 11) is -2.69. The topological polar surface area (TPSA) is 125 Å². The molecule has 3 aromatic carbocycles. The molecule has 1 aromatic heterocycles. The van der Waals surface area contributed by atoms with Crippen LogP contribution in [0.4, 0.5) is 14.7 Å². The molecule has 2 heterocycles. The number of nitrogens with one attached hydrogen (secondary N) is 1. The number of carbonyl (C=O) groups is 2. The van der Waals surface area contributed by atoms with Crippen LogP contribution in [0, 0.1) is 25.5 Å². The monoisotopic (exact) mass is 717 g/mol. The second kappa shape index (κ2) is 14.4. The molecule has 1 saturated carbocycles. The van der Waals surface area contributed by atoms with Crippen molar-refractivity contribution in [3.8, 4) is 11.1 Å². The van der Waals surface area contributed by atoms with Crippen LogP contribution >= 0.6 is 0 Å². The minimum Gasteiger partial charge on any atom is -0.337 e. The molecule has 0 bridgehead atoms. The fraction of sp³-hybridized carbons (Fsp3) is 0.368. The molecule has 1 aliphatic carbocycles. The molecule has 2 aliphatic rings. The largest absolute Gasteiger partial charge is 0.337 e. The van der Waals surface area contributed by atoms with Gasteiger partial charge in [0.1, 0.15) is 23.0 Å². The van der Waals surface area contributed by atoms with Crippen molar-refractivity contribution in [2.75, 3.05) is 11.8 Å². The van der Waals surface area contributed by atoms with Crippen LogP contribution in [0.3, 0.4) is 0 Å². The minimum absolute atomic E-state index is 0.00128. The van der Waals surface area contributed by atoms with Crippen LogP contribution in [0.5, 0.6) is 0 Å². The second-order valence-corrected chi connectivity index (χ2v) is 15.0. The number of carbonyl (C=O) groups excluding carboxylic acids is 2. The predicted octanol–water partition coefficient (Wildman–Crippen LogP) is 7.55. The summed E-state index contributed by atoms with van der Waals surface area (Å²) in [5, 5.41) is 3.85. The SMILES string of the molecule is CCCCC1=NC2(CCCC2)C(=O)N1Cc1ccc(-c2ccccc2S(=O)(=O)Nc2onc(C)c2C)c(CN(C)C(=O)c2cc(F)cc(F)c2)c1. The Kier molecular flexibility index (Phi) is 10.1. The molecule has 2 amide bonds. The van der Waals surface area contributed by atoms with Gasteiger partial charge in [0.25, 0.3) is 21.8 Å². The number of halogens is 2. The number of anilines is 1. The van der Waals surface area contributed by atoms with Crippen molar-refractivity contribution >= 4 is 33.6 Å². The number of hydrogen-bond acceptors (Lipinski definition) is 7. The van der Waals surface area contributed by atoms with E-state index in [1.54, 1.807) is 43.0 Å². The highest BCUT2D eigenvalue weighted by molar-refractivity contribution is 7.92. The molecule has 1 spiro atoms. The van der Waals surface area contributed by atoms with E-state index in [1.807, 2.05) is 12.1 Å². The van der Waals surface area contributed by atoms with Crippen molar-refractivity contribution in [1.29, 1.82) is 0 Å². The van der Waals surface area contributed by atoms with Gasteiger partial charge in [0.15, 0.2) is 0 Å². The lowest BCUT2D eigenvalue weighted by molar-refractivity contribution is -0.131. The van der Waals surface area contributed by atoms with E-state index in [4.69, 9.17) is 9.52 Å². The third kappa shape index (κ3) is 7.30. The molecule has 0 radical (unpaired) electrons. The van der Waals surface area contributed by atoms with Gasteiger partial charge < -0.3 is 9.42 Å². The van der Waals surface area contributed by atoms with Gasteiger partial charge in [-0.15, -0.1) is 0 Å². The number of amides is 2. The summed E-state index contributed by atoms with van der Waals surface area (Å²) >= 11 is 0. The van der Waals surface area contributed by atoms with E-state index in [2.05, 4.69) is 16.8 Å². The molecule has 13 heteroatoms. The fourth-order valence-corrected chi connectivity index (χ4v) is 8.13. The van der Waals surface area contributed by atoms with Crippen molar-refractivity contribution in [3.63, 3.8) is 0 Å². The zero-order valence-electron chi connectivity index (χ0n) is 29.1. The van der Waals surface area contributed by atoms with Crippen LogP contribution < -0.4 is 4.72 Å². The Hall–Kier alpha value is -4.91. The van der Waals surface area contributed by atoms with E-state index in [0.717, 1.165) is 62.1 Å². The Morgan fingerprint density at radius 1 is 1.02 bits per heavy atom. The summed E-state index contributed by atoms with van der Waals surface area (Å²) < 4.78 is 63.6. The van der Waals surface area contributed by atoms with Gasteiger partial charge in [0, 0.05) is 42.8 Å². The zero-order chi connectivity index (χ0) is 36.5. The fourth-order valence-electron chi connectivity index (χ4n) is 6.86. The van der Waals surface area contributed by atoms with Crippen LogP contribution in [0.2, 0.25) is 0 Å². The van der Waals surface area contributed by atoms with Crippen LogP contribution in [0.1, 0.15) is 84.6 Å². The average molecular weight is 718 g/mol. The molecule has 51 heavy (non-hydrogen) atoms. The maximum absolute atomic E-state index is 14.1. The number of benzene rings is 3. The lowest BCUT2D eigenvalue weighted by atomic mass is 9.95. The number of aliphatic imine (C=N–C) groups is 1. The Morgan fingerprint density at radius 2 is 1.73 bits per heavy atom. The first-order valence-corrected chi connectivity index (χ1v) is 18.6. The highest BCUT2D eigenvalue weighted by atomic mass is 32.2. The number of unbranched alkanes of at least 4 members (excludes halogenated alkanes) is 1. The van der Waals surface area contributed by atoms with E-state index < -0.39 is 33.1 Å². The van der Waals surface area contributed by atoms with Crippen molar-refractivity contribution < 1.29 is 31.3 Å². The third-order valence-corrected chi connectivity index (χ3v) is 11.1. The molecule has 1 aliphatic heterocycles. The number of nitrogens with zero attached hydrogens (tertiary/aromatic N) is 4. The molecule has 268 valence electrons. The first kappa shape index (κ1) is 35.9. The first-order chi connectivity index (χ1) is 24.3. The molecular formula is C38H41F2N5O5S. The predicted molar refractivity (Wildman–Crippen MR) is 190 cm³/mol. The van der Waals surface area contributed by atoms with E-state index >= 15 is 0 Å². The van der Waals surface area contributed by atoms with Crippen molar-refractivity contribution in [1.82, 2.24) is 15.0 Å². The normalized spacial score (nSPS) is 15.5. The summed E-state index contributed by atoms with van der Waals surface area (Å²) in [6.45, 7) is 5.69. The minimum atomic E-state index is -4.20. The molecule has 6 rings (SSSR count). The number of amidine groups is 1. The maximum atomic E-state index is 14.1. The maximum Gasteiger partial charge on any atom is 0.264 e. The van der Waals surface area contributed by atoms with Gasteiger partial charge >= 0.3 is 0 Å². The number of aryl methyl sites for hydroxylation is 1. The molecule has 10 nitrogen and oxygen atoms in total. The standard InChI is InChI=1S/C38H41F2N5O5S/c1-5-6-13-34-41-38(16-9-10-17-38)37(47)45(34)22-26-14-15-31(28(18-26)23-44(4)36(46)27-19-29(39)21-30(40)20-27)32-11-7-8-12-33(32)51(48,49)43-35-24(2)25(3)42-50-35/h7-8,11-12,14-15,18-21,43H,5-6,9-10,13,16-17,22-23H2,1-4H3. The molecule has 1 fully saturated rings. The molecule has 0 atom stereocenters. The molecule has 0 unspecified atom stereocenters. The van der Waals surface area contributed by atoms with Gasteiger partial charge in [-0.05, 0) is 68.0 Å². The summed E-state index contributed by atoms with van der Waals surface area (Å²) in [5.41, 5.74) is 2.39. The van der Waals surface area contributed by atoms with Gasteiger partial charge in [0.2, 0.25) is 5.88 Å². The first-order valence-electron chi connectivity index (χ1n) is 17.1. The molecular weight excluding hydrogens is 677 g/mol. The average Bonchev–Trinajstić information content (AvgIpc) is 3.77. The van der Waals surface area contributed by atoms with E-state index in [1.165, 1.54) is 18.0 Å². The van der Waals surface area contributed by atoms with Gasteiger partial charge in [0.05, 0.1) is 17.1 Å². The van der Waals surface area contributed by atoms with E-state index in [9.17, 15) is 26.8 Å². The molecule has 4 aromatic rings. The zero-order valence-corrected chi connectivity index (χ0v) is 29.9. The Labute approximate surface area is 296 Å². The second-order valence-electron chi connectivity index (χ2n) is 13.4. The van der Waals surface area contributed by atoms with Crippen LogP contribution in [0.25, 0.3) is 11.1 Å². The van der Waals surface area contributed by atoms with Crippen molar-refractivity contribution in [3.05, 3.63) is 100 Å². The summed E-state index contributed by atoms with van der Waals surface area (Å²) in [5.74, 6) is -1.62. The van der Waals surface area contributed by atoms with Crippen LogP contribution in [-0.4, -0.2) is 53.6 Å². The third-order valence-electron chi connectivity index (χ3n) is 9.71. The number of hydrogen-bond donors (Lipinski definition) is 1. The lowest BCUT2D eigenvalue weighted by Crippen LogP contribution is -2.40. The van der Waals surface area contributed by atoms with E-state index in [0.29, 0.717) is 40.4 Å². The van der Waals surface area contributed by atoms with Gasteiger partial charge in [-0.3, -0.25) is 19.5 Å². The van der Waals surface area contributed by atoms with Crippen molar-refractivity contribution in [2.24, 2.45) is 4.99 Å². The van der Waals surface area contributed by atoms with Crippen LogP contribution in [0.15, 0.2) is 75.1 Å². The molecule has 1 N–H and O–H groups in total.